The standard InChI is InChI=1S/C26H35N7O/c1-25(2)10-8-18(9-11-25)22-20(30-24(34)23-28-17-19(16-27)29-23)6-7-21(31-22)26(3,4)33-14-12-32(5)13-15-33/h6-8,17H,9-15H2,1-5H3,(H,28,29)(H,30,34). The molecule has 0 radical (unpaired) electrons. The molecule has 0 atom stereocenters. The van der Waals surface area contributed by atoms with Crippen LogP contribution in [0, 0.1) is 16.7 Å². The quantitative estimate of drug-likeness (QED) is 0.698. The number of anilines is 1. The van der Waals surface area contributed by atoms with E-state index in [4.69, 9.17) is 10.2 Å². The number of hydrogen-bond donors (Lipinski definition) is 2. The van der Waals surface area contributed by atoms with Gasteiger partial charge in [-0.05, 0) is 63.3 Å². The molecule has 0 saturated carbocycles. The number of aromatic amines is 1. The third kappa shape index (κ3) is 5.06. The normalized spacial score (nSPS) is 19.4. The summed E-state index contributed by atoms with van der Waals surface area (Å²) in [6, 6.07) is 5.95. The summed E-state index contributed by atoms with van der Waals surface area (Å²) in [6.07, 6.45) is 6.60. The van der Waals surface area contributed by atoms with E-state index in [-0.39, 0.29) is 28.4 Å². The molecule has 2 N–H and O–H groups in total. The lowest BCUT2D eigenvalue weighted by Crippen LogP contribution is -2.52. The maximum absolute atomic E-state index is 12.9. The van der Waals surface area contributed by atoms with Gasteiger partial charge in [-0.15, -0.1) is 0 Å². The Morgan fingerprint density at radius 1 is 1.24 bits per heavy atom. The molecule has 4 rings (SSSR count). The van der Waals surface area contributed by atoms with Crippen LogP contribution in [-0.2, 0) is 5.54 Å². The molecule has 2 aromatic rings. The van der Waals surface area contributed by atoms with E-state index in [1.54, 1.807) is 0 Å². The number of imidazole rings is 1. The molecule has 1 fully saturated rings. The number of hydrogen-bond acceptors (Lipinski definition) is 6. The van der Waals surface area contributed by atoms with E-state index in [2.05, 4.69) is 65.9 Å². The van der Waals surface area contributed by atoms with Gasteiger partial charge in [-0.2, -0.15) is 5.26 Å². The van der Waals surface area contributed by atoms with Gasteiger partial charge >= 0.3 is 0 Å². The Balaban J connectivity index is 1.68. The van der Waals surface area contributed by atoms with Crippen LogP contribution < -0.4 is 5.32 Å². The Morgan fingerprint density at radius 2 is 1.97 bits per heavy atom. The fourth-order valence-electron chi connectivity index (χ4n) is 4.64. The van der Waals surface area contributed by atoms with Gasteiger partial charge in [-0.1, -0.05) is 19.9 Å². The van der Waals surface area contributed by atoms with Crippen molar-refractivity contribution in [1.29, 1.82) is 5.26 Å². The van der Waals surface area contributed by atoms with Crippen LogP contribution >= 0.6 is 0 Å². The second-order valence-electron chi connectivity index (χ2n) is 10.8. The summed E-state index contributed by atoms with van der Waals surface area (Å²) in [5.41, 5.74) is 3.97. The van der Waals surface area contributed by atoms with Crippen LogP contribution in [-0.4, -0.2) is 63.9 Å². The Morgan fingerprint density at radius 3 is 2.59 bits per heavy atom. The van der Waals surface area contributed by atoms with Crippen LogP contribution in [0.2, 0.25) is 0 Å². The molecule has 0 bridgehead atoms. The minimum Gasteiger partial charge on any atom is -0.326 e. The SMILES string of the molecule is CN1CCN(C(C)(C)c2ccc(NC(=O)c3ncc(C#N)[nH]3)c(C3=CCC(C)(C)CC3)n2)CC1. The highest BCUT2D eigenvalue weighted by Crippen LogP contribution is 2.40. The van der Waals surface area contributed by atoms with Crippen LogP contribution in [0.25, 0.3) is 5.57 Å². The average Bonchev–Trinajstić information content (AvgIpc) is 3.29. The maximum atomic E-state index is 12.9. The number of aromatic nitrogens is 3. The Kier molecular flexibility index (Phi) is 6.61. The topological polar surface area (TPSA) is 101 Å². The lowest BCUT2D eigenvalue weighted by Gasteiger charge is -2.43. The van der Waals surface area contributed by atoms with E-state index in [1.165, 1.54) is 11.8 Å². The summed E-state index contributed by atoms with van der Waals surface area (Å²) >= 11 is 0. The molecular weight excluding hydrogens is 426 g/mol. The number of nitrogens with one attached hydrogen (secondary N) is 2. The predicted molar refractivity (Wildman–Crippen MR) is 133 cm³/mol. The number of H-pyrrole nitrogens is 1. The molecule has 0 aromatic carbocycles. The van der Waals surface area contributed by atoms with Gasteiger partial charge in [-0.25, -0.2) is 9.97 Å². The third-order valence-electron chi connectivity index (χ3n) is 7.25. The second kappa shape index (κ2) is 9.32. The number of carbonyl (C=O) groups is 1. The van der Waals surface area contributed by atoms with Gasteiger partial charge in [0.15, 0.2) is 5.82 Å². The van der Waals surface area contributed by atoms with Crippen LogP contribution in [0.1, 0.15) is 74.7 Å². The summed E-state index contributed by atoms with van der Waals surface area (Å²) in [6.45, 7) is 13.1. The van der Waals surface area contributed by atoms with Gasteiger partial charge in [0.2, 0.25) is 0 Å². The average molecular weight is 462 g/mol. The molecule has 2 aliphatic rings. The molecule has 3 heterocycles. The number of rotatable bonds is 5. The molecule has 8 nitrogen and oxygen atoms in total. The van der Waals surface area contributed by atoms with E-state index in [1.807, 2.05) is 18.2 Å². The predicted octanol–water partition coefficient (Wildman–Crippen LogP) is 4.00. The molecule has 2 aromatic heterocycles. The highest BCUT2D eigenvalue weighted by molar-refractivity contribution is 6.03. The van der Waals surface area contributed by atoms with Crippen LogP contribution in [0.3, 0.4) is 0 Å². The van der Waals surface area contributed by atoms with Crippen molar-refractivity contribution in [1.82, 2.24) is 24.8 Å². The van der Waals surface area contributed by atoms with Crippen LogP contribution in [0.4, 0.5) is 5.69 Å². The first kappa shape index (κ1) is 24.1. The summed E-state index contributed by atoms with van der Waals surface area (Å²) in [4.78, 5) is 29.6. The minimum absolute atomic E-state index is 0.114. The van der Waals surface area contributed by atoms with Gasteiger partial charge in [0.1, 0.15) is 11.8 Å². The molecule has 0 unspecified atom stereocenters. The van der Waals surface area contributed by atoms with E-state index in [9.17, 15) is 4.79 Å². The smallest absolute Gasteiger partial charge is 0.291 e. The van der Waals surface area contributed by atoms with Crippen molar-refractivity contribution >= 4 is 17.2 Å². The lowest BCUT2D eigenvalue weighted by molar-refractivity contribution is 0.0580. The summed E-state index contributed by atoms with van der Waals surface area (Å²) < 4.78 is 0. The van der Waals surface area contributed by atoms with Crippen molar-refractivity contribution in [2.75, 3.05) is 38.5 Å². The first-order chi connectivity index (χ1) is 16.1. The van der Waals surface area contributed by atoms with Crippen molar-refractivity contribution in [3.05, 3.63) is 47.3 Å². The minimum atomic E-state index is -0.382. The number of allylic oxidation sites excluding steroid dienone is 2. The van der Waals surface area contributed by atoms with Crippen molar-refractivity contribution in [3.63, 3.8) is 0 Å². The molecule has 0 spiro atoms. The van der Waals surface area contributed by atoms with Crippen molar-refractivity contribution in [2.24, 2.45) is 5.41 Å². The molecule has 8 heteroatoms. The third-order valence-corrected chi connectivity index (χ3v) is 7.25. The Bertz CT molecular complexity index is 1130. The number of nitriles is 1. The number of carbonyl (C=O) groups excluding carboxylic acids is 1. The molecule has 1 amide bonds. The maximum Gasteiger partial charge on any atom is 0.291 e. The van der Waals surface area contributed by atoms with E-state index in [0.29, 0.717) is 5.69 Å². The number of pyridine rings is 1. The first-order valence-electron chi connectivity index (χ1n) is 12.0. The summed E-state index contributed by atoms with van der Waals surface area (Å²) in [7, 11) is 2.16. The highest BCUT2D eigenvalue weighted by Gasteiger charge is 2.33. The first-order valence-corrected chi connectivity index (χ1v) is 12.0. The molecule has 1 saturated heterocycles. The van der Waals surface area contributed by atoms with Gasteiger partial charge in [0.05, 0.1) is 28.8 Å². The molecule has 34 heavy (non-hydrogen) atoms. The van der Waals surface area contributed by atoms with Gasteiger partial charge in [-0.3, -0.25) is 9.69 Å². The zero-order valence-corrected chi connectivity index (χ0v) is 20.9. The number of amides is 1. The lowest BCUT2D eigenvalue weighted by atomic mass is 9.77. The number of nitrogens with zero attached hydrogens (tertiary/aromatic N) is 5. The number of likely N-dealkylation sites (N-methyl/N-ethyl adjacent to an activating group) is 1. The van der Waals surface area contributed by atoms with Crippen molar-refractivity contribution in [2.45, 2.75) is 52.5 Å². The molecule has 180 valence electrons. The van der Waals surface area contributed by atoms with Gasteiger partial charge < -0.3 is 15.2 Å². The largest absolute Gasteiger partial charge is 0.326 e. The fraction of sp³-hybridized carbons (Fsp3) is 0.538. The molecule has 1 aliphatic heterocycles. The van der Waals surface area contributed by atoms with E-state index >= 15 is 0 Å². The van der Waals surface area contributed by atoms with E-state index < -0.39 is 0 Å². The summed E-state index contributed by atoms with van der Waals surface area (Å²) in [5.74, 6) is -0.268. The Hall–Kier alpha value is -3.02. The van der Waals surface area contributed by atoms with Crippen LogP contribution in [0.5, 0.6) is 0 Å². The monoisotopic (exact) mass is 461 g/mol. The zero-order chi connectivity index (χ0) is 24.5. The molecule has 1 aliphatic carbocycles. The van der Waals surface area contributed by atoms with Crippen LogP contribution in [0.15, 0.2) is 24.4 Å². The Labute approximate surface area is 202 Å². The highest BCUT2D eigenvalue weighted by atomic mass is 16.2. The summed E-state index contributed by atoms with van der Waals surface area (Å²) in [5, 5.41) is 12.0. The van der Waals surface area contributed by atoms with Crippen molar-refractivity contribution < 1.29 is 4.79 Å². The van der Waals surface area contributed by atoms with Gasteiger partial charge in [0.25, 0.3) is 5.91 Å². The fourth-order valence-corrected chi connectivity index (χ4v) is 4.64. The zero-order valence-electron chi connectivity index (χ0n) is 20.9. The van der Waals surface area contributed by atoms with Crippen molar-refractivity contribution in [3.8, 4) is 6.07 Å². The second-order valence-corrected chi connectivity index (χ2v) is 10.8. The van der Waals surface area contributed by atoms with Gasteiger partial charge in [0, 0.05) is 26.2 Å². The molecular formula is C26H35N7O. The van der Waals surface area contributed by atoms with E-state index in [0.717, 1.165) is 56.8 Å². The number of piperazine rings is 1.